The second-order valence-corrected chi connectivity index (χ2v) is 5.75. The van der Waals surface area contributed by atoms with E-state index in [2.05, 4.69) is 10.6 Å². The maximum absolute atomic E-state index is 12.7. The summed E-state index contributed by atoms with van der Waals surface area (Å²) in [7, 11) is 0. The number of amides is 3. The van der Waals surface area contributed by atoms with Gasteiger partial charge in [-0.15, -0.1) is 11.8 Å². The number of thioether (sulfide) groups is 1. The maximum atomic E-state index is 12.7. The number of halogens is 1. The summed E-state index contributed by atoms with van der Waals surface area (Å²) in [6.45, 7) is 5.30. The van der Waals surface area contributed by atoms with Crippen LogP contribution in [0.1, 0.15) is 20.8 Å². The molecule has 0 aliphatic rings. The molecule has 3 amide bonds. The van der Waals surface area contributed by atoms with Gasteiger partial charge in [0.25, 0.3) is 0 Å². The number of benzene rings is 1. The van der Waals surface area contributed by atoms with Crippen molar-refractivity contribution in [3.05, 3.63) is 30.1 Å². The first-order valence-electron chi connectivity index (χ1n) is 5.92. The Morgan fingerprint density at radius 1 is 1.16 bits per heavy atom. The molecule has 6 heteroatoms. The number of nitrogens with one attached hydrogen (secondary N) is 2. The number of imide groups is 1. The van der Waals surface area contributed by atoms with E-state index in [0.29, 0.717) is 0 Å². The molecule has 2 N–H and O–H groups in total. The SMILES string of the molecule is CC(C)NC(=O)NC(=O)[C@@H](C)Sc1ccc(F)cc1. The lowest BCUT2D eigenvalue weighted by molar-refractivity contribution is -0.119. The fourth-order valence-electron chi connectivity index (χ4n) is 1.28. The van der Waals surface area contributed by atoms with Gasteiger partial charge in [0, 0.05) is 10.9 Å². The van der Waals surface area contributed by atoms with Crippen LogP contribution in [0.4, 0.5) is 9.18 Å². The van der Waals surface area contributed by atoms with Crippen LogP contribution in [-0.4, -0.2) is 23.2 Å². The van der Waals surface area contributed by atoms with E-state index in [-0.39, 0.29) is 17.8 Å². The van der Waals surface area contributed by atoms with E-state index in [4.69, 9.17) is 0 Å². The van der Waals surface area contributed by atoms with E-state index in [1.54, 1.807) is 32.9 Å². The minimum absolute atomic E-state index is 0.0344. The summed E-state index contributed by atoms with van der Waals surface area (Å²) in [6, 6.07) is 5.31. The molecule has 0 unspecified atom stereocenters. The minimum atomic E-state index is -0.508. The highest BCUT2D eigenvalue weighted by Crippen LogP contribution is 2.23. The van der Waals surface area contributed by atoms with E-state index in [1.807, 2.05) is 0 Å². The monoisotopic (exact) mass is 284 g/mol. The van der Waals surface area contributed by atoms with Crippen LogP contribution in [0.5, 0.6) is 0 Å². The molecule has 19 heavy (non-hydrogen) atoms. The molecule has 0 fully saturated rings. The fraction of sp³-hybridized carbons (Fsp3) is 0.385. The molecule has 0 bridgehead atoms. The van der Waals surface area contributed by atoms with Crippen LogP contribution in [0, 0.1) is 5.82 Å². The van der Waals surface area contributed by atoms with Crippen LogP contribution in [0.3, 0.4) is 0 Å². The number of rotatable bonds is 4. The summed E-state index contributed by atoms with van der Waals surface area (Å²) in [4.78, 5) is 23.9. The van der Waals surface area contributed by atoms with Crippen LogP contribution < -0.4 is 10.6 Å². The number of hydrogen-bond acceptors (Lipinski definition) is 3. The Morgan fingerprint density at radius 2 is 1.74 bits per heavy atom. The second kappa shape index (κ2) is 7.13. The molecule has 104 valence electrons. The van der Waals surface area contributed by atoms with Gasteiger partial charge in [-0.2, -0.15) is 0 Å². The summed E-state index contributed by atoms with van der Waals surface area (Å²) in [6.07, 6.45) is 0. The van der Waals surface area contributed by atoms with Crippen molar-refractivity contribution in [2.45, 2.75) is 37.0 Å². The Hall–Kier alpha value is -1.56. The zero-order valence-electron chi connectivity index (χ0n) is 11.1. The molecule has 0 heterocycles. The maximum Gasteiger partial charge on any atom is 0.321 e. The van der Waals surface area contributed by atoms with E-state index >= 15 is 0 Å². The van der Waals surface area contributed by atoms with Crippen LogP contribution in [0.2, 0.25) is 0 Å². The van der Waals surface area contributed by atoms with Crippen LogP contribution in [0.25, 0.3) is 0 Å². The van der Waals surface area contributed by atoms with Gasteiger partial charge >= 0.3 is 6.03 Å². The van der Waals surface area contributed by atoms with Gasteiger partial charge < -0.3 is 5.32 Å². The van der Waals surface area contributed by atoms with Gasteiger partial charge in [0.15, 0.2) is 0 Å². The van der Waals surface area contributed by atoms with Gasteiger partial charge in [0.05, 0.1) is 5.25 Å². The third-order valence-electron chi connectivity index (χ3n) is 2.15. The van der Waals surface area contributed by atoms with Crippen molar-refractivity contribution in [2.75, 3.05) is 0 Å². The van der Waals surface area contributed by atoms with Gasteiger partial charge in [-0.25, -0.2) is 9.18 Å². The molecule has 0 saturated heterocycles. The molecule has 0 aliphatic heterocycles. The Morgan fingerprint density at radius 3 is 2.26 bits per heavy atom. The molecule has 0 aromatic heterocycles. The summed E-state index contributed by atoms with van der Waals surface area (Å²) < 4.78 is 12.7. The van der Waals surface area contributed by atoms with Crippen molar-refractivity contribution in [3.8, 4) is 0 Å². The number of carbonyl (C=O) groups excluding carboxylic acids is 2. The molecular weight excluding hydrogens is 267 g/mol. The van der Waals surface area contributed by atoms with Crippen LogP contribution >= 0.6 is 11.8 Å². The lowest BCUT2D eigenvalue weighted by Crippen LogP contribution is -2.45. The fourth-order valence-corrected chi connectivity index (χ4v) is 2.15. The van der Waals surface area contributed by atoms with Gasteiger partial charge in [-0.3, -0.25) is 10.1 Å². The molecule has 0 aliphatic carbocycles. The smallest absolute Gasteiger partial charge is 0.321 e. The van der Waals surface area contributed by atoms with Crippen LogP contribution in [0.15, 0.2) is 29.2 Å². The molecule has 1 aromatic rings. The van der Waals surface area contributed by atoms with Crippen LogP contribution in [-0.2, 0) is 4.79 Å². The van der Waals surface area contributed by atoms with Crippen molar-refractivity contribution in [2.24, 2.45) is 0 Å². The van der Waals surface area contributed by atoms with Gasteiger partial charge in [0.2, 0.25) is 5.91 Å². The van der Waals surface area contributed by atoms with E-state index in [0.717, 1.165) is 4.90 Å². The minimum Gasteiger partial charge on any atom is -0.336 e. The van der Waals surface area contributed by atoms with Gasteiger partial charge in [-0.05, 0) is 45.0 Å². The number of urea groups is 1. The third kappa shape index (κ3) is 5.74. The first-order chi connectivity index (χ1) is 8.88. The predicted octanol–water partition coefficient (Wildman–Crippen LogP) is 2.54. The molecule has 1 rings (SSSR count). The normalized spacial score (nSPS) is 12.1. The Kier molecular flexibility index (Phi) is 5.82. The summed E-state index contributed by atoms with van der Waals surface area (Å²) in [5.41, 5.74) is 0. The largest absolute Gasteiger partial charge is 0.336 e. The van der Waals surface area contributed by atoms with Crippen molar-refractivity contribution in [1.29, 1.82) is 0 Å². The lowest BCUT2D eigenvalue weighted by atomic mass is 10.3. The molecule has 1 aromatic carbocycles. The second-order valence-electron chi connectivity index (χ2n) is 4.33. The lowest BCUT2D eigenvalue weighted by Gasteiger charge is -2.13. The van der Waals surface area contributed by atoms with E-state index < -0.39 is 11.3 Å². The third-order valence-corrected chi connectivity index (χ3v) is 3.26. The molecule has 0 radical (unpaired) electrons. The van der Waals surface area contributed by atoms with Gasteiger partial charge in [0.1, 0.15) is 5.82 Å². The summed E-state index contributed by atoms with van der Waals surface area (Å²) in [5.74, 6) is -0.703. The Balaban J connectivity index is 2.48. The van der Waals surface area contributed by atoms with Crippen molar-refractivity contribution >= 4 is 23.7 Å². The summed E-state index contributed by atoms with van der Waals surface area (Å²) >= 11 is 1.26. The van der Waals surface area contributed by atoms with Gasteiger partial charge in [-0.1, -0.05) is 0 Å². The van der Waals surface area contributed by atoms with Crippen molar-refractivity contribution < 1.29 is 14.0 Å². The van der Waals surface area contributed by atoms with Crippen molar-refractivity contribution in [1.82, 2.24) is 10.6 Å². The Labute approximate surface area is 116 Å². The highest BCUT2D eigenvalue weighted by Gasteiger charge is 2.17. The molecular formula is C13H17FN2O2S. The topological polar surface area (TPSA) is 58.2 Å². The average Bonchev–Trinajstić information content (AvgIpc) is 2.30. The number of hydrogen-bond donors (Lipinski definition) is 2. The zero-order valence-corrected chi connectivity index (χ0v) is 11.9. The predicted molar refractivity (Wildman–Crippen MR) is 73.5 cm³/mol. The first-order valence-corrected chi connectivity index (χ1v) is 6.80. The molecule has 0 spiro atoms. The van der Waals surface area contributed by atoms with E-state index in [9.17, 15) is 14.0 Å². The van der Waals surface area contributed by atoms with E-state index in [1.165, 1.54) is 23.9 Å². The van der Waals surface area contributed by atoms with Crippen molar-refractivity contribution in [3.63, 3.8) is 0 Å². The molecule has 4 nitrogen and oxygen atoms in total. The molecule has 1 atom stereocenters. The Bertz CT molecular complexity index is 448. The first kappa shape index (κ1) is 15.5. The zero-order chi connectivity index (χ0) is 14.4. The summed E-state index contributed by atoms with van der Waals surface area (Å²) in [5, 5.41) is 4.39. The average molecular weight is 284 g/mol. The number of carbonyl (C=O) groups is 2. The standard InChI is InChI=1S/C13H17FN2O2S/c1-8(2)15-13(18)16-12(17)9(3)19-11-6-4-10(14)5-7-11/h4-9H,1-3H3,(H2,15,16,17,18)/t9-/m1/s1. The quantitative estimate of drug-likeness (QED) is 0.835. The highest BCUT2D eigenvalue weighted by molar-refractivity contribution is 8.00. The highest BCUT2D eigenvalue weighted by atomic mass is 32.2. The molecule has 0 saturated carbocycles.